The summed E-state index contributed by atoms with van der Waals surface area (Å²) in [7, 11) is 0. The van der Waals surface area contributed by atoms with Gasteiger partial charge in [-0.2, -0.15) is 13.2 Å². The van der Waals surface area contributed by atoms with Crippen LogP contribution in [0.1, 0.15) is 52.2 Å². The Hall–Kier alpha value is -3.51. The van der Waals surface area contributed by atoms with Crippen LogP contribution >= 0.6 is 0 Å². The molecule has 2 aromatic carbocycles. The van der Waals surface area contributed by atoms with Gasteiger partial charge in [0, 0.05) is 37.0 Å². The van der Waals surface area contributed by atoms with Gasteiger partial charge in [-0.05, 0) is 66.8 Å². The molecule has 2 unspecified atom stereocenters. The molecule has 0 saturated heterocycles. The molecule has 1 heterocycles. The predicted molar refractivity (Wildman–Crippen MR) is 123 cm³/mol. The highest BCUT2D eigenvalue weighted by atomic mass is 19.4. The number of fused-ring (bicyclic) bond motifs is 1. The van der Waals surface area contributed by atoms with Crippen LogP contribution in [-0.4, -0.2) is 58.3 Å². The molecular formula is C25H27F4N3O5. The molecule has 1 aliphatic heterocycles. The van der Waals surface area contributed by atoms with Crippen molar-refractivity contribution in [3.63, 3.8) is 0 Å². The van der Waals surface area contributed by atoms with Crippen LogP contribution < -0.4 is 10.8 Å². The number of carboxylic acids is 1. The SMILES string of the molecule is O=C(NO)c1ccc2c(c1)CN(C(=O)CCCNC1CC1c1ccc(F)cc1)CC2.O=C(O)C(F)(F)F. The van der Waals surface area contributed by atoms with Gasteiger partial charge in [0.05, 0.1) is 0 Å². The fourth-order valence-corrected chi connectivity index (χ4v) is 4.16. The fourth-order valence-electron chi connectivity index (χ4n) is 4.16. The smallest absolute Gasteiger partial charge is 0.475 e. The molecule has 2 aliphatic rings. The lowest BCUT2D eigenvalue weighted by Gasteiger charge is -2.29. The zero-order valence-corrected chi connectivity index (χ0v) is 19.7. The van der Waals surface area contributed by atoms with Crippen molar-refractivity contribution in [2.75, 3.05) is 13.1 Å². The van der Waals surface area contributed by atoms with Crippen LogP contribution in [-0.2, 0) is 22.6 Å². The number of hydrogen-bond donors (Lipinski definition) is 4. The van der Waals surface area contributed by atoms with E-state index in [2.05, 4.69) is 5.32 Å². The van der Waals surface area contributed by atoms with Crippen LogP contribution in [0.5, 0.6) is 0 Å². The lowest BCUT2D eigenvalue weighted by Crippen LogP contribution is -2.36. The largest absolute Gasteiger partial charge is 0.490 e. The summed E-state index contributed by atoms with van der Waals surface area (Å²) >= 11 is 0. The number of aliphatic carboxylic acids is 1. The second-order valence-corrected chi connectivity index (χ2v) is 8.85. The highest BCUT2D eigenvalue weighted by Gasteiger charge is 2.38. The average molecular weight is 525 g/mol. The van der Waals surface area contributed by atoms with Gasteiger partial charge in [-0.15, -0.1) is 0 Å². The van der Waals surface area contributed by atoms with E-state index in [0.29, 0.717) is 37.0 Å². The number of benzene rings is 2. The van der Waals surface area contributed by atoms with Crippen molar-refractivity contribution in [1.29, 1.82) is 0 Å². The lowest BCUT2D eigenvalue weighted by molar-refractivity contribution is -0.192. The van der Waals surface area contributed by atoms with Crippen LogP contribution in [0.2, 0.25) is 0 Å². The first kappa shape index (κ1) is 28.1. The van der Waals surface area contributed by atoms with Gasteiger partial charge in [0.2, 0.25) is 5.91 Å². The van der Waals surface area contributed by atoms with Crippen molar-refractivity contribution in [2.24, 2.45) is 0 Å². The molecular weight excluding hydrogens is 498 g/mol. The number of carbonyl (C=O) groups is 3. The Kier molecular flexibility index (Phi) is 9.22. The molecule has 0 bridgehead atoms. The van der Waals surface area contributed by atoms with Gasteiger partial charge in [0.15, 0.2) is 0 Å². The van der Waals surface area contributed by atoms with Crippen LogP contribution in [0.4, 0.5) is 17.6 Å². The number of rotatable bonds is 7. The molecule has 200 valence electrons. The summed E-state index contributed by atoms with van der Waals surface area (Å²) in [6.45, 7) is 1.95. The van der Waals surface area contributed by atoms with Crippen molar-refractivity contribution in [3.05, 3.63) is 70.5 Å². The zero-order chi connectivity index (χ0) is 27.2. The van der Waals surface area contributed by atoms with Crippen LogP contribution in [0.3, 0.4) is 0 Å². The summed E-state index contributed by atoms with van der Waals surface area (Å²) in [6.07, 6.45) is -2.02. The number of nitrogens with one attached hydrogen (secondary N) is 2. The van der Waals surface area contributed by atoms with Gasteiger partial charge in [-0.1, -0.05) is 18.2 Å². The van der Waals surface area contributed by atoms with Gasteiger partial charge in [-0.25, -0.2) is 14.7 Å². The van der Waals surface area contributed by atoms with Crippen LogP contribution in [0.15, 0.2) is 42.5 Å². The van der Waals surface area contributed by atoms with E-state index in [1.54, 1.807) is 17.6 Å². The van der Waals surface area contributed by atoms with Crippen molar-refractivity contribution in [1.82, 2.24) is 15.7 Å². The Labute approximate surface area is 210 Å². The number of amides is 2. The molecule has 4 N–H and O–H groups in total. The van der Waals surface area contributed by atoms with Crippen molar-refractivity contribution in [2.45, 2.75) is 50.4 Å². The third kappa shape index (κ3) is 7.99. The first-order valence-electron chi connectivity index (χ1n) is 11.6. The summed E-state index contributed by atoms with van der Waals surface area (Å²) in [5.74, 6) is -2.97. The van der Waals surface area contributed by atoms with Crippen molar-refractivity contribution < 1.29 is 42.3 Å². The molecule has 0 aromatic heterocycles. The van der Waals surface area contributed by atoms with E-state index in [1.807, 2.05) is 23.1 Å². The molecule has 2 aromatic rings. The summed E-state index contributed by atoms with van der Waals surface area (Å²) in [4.78, 5) is 34.9. The van der Waals surface area contributed by atoms with Crippen LogP contribution in [0.25, 0.3) is 0 Å². The van der Waals surface area contributed by atoms with Crippen LogP contribution in [0, 0.1) is 5.82 Å². The second kappa shape index (κ2) is 12.2. The second-order valence-electron chi connectivity index (χ2n) is 8.85. The number of halogens is 4. The summed E-state index contributed by atoms with van der Waals surface area (Å²) in [5.41, 5.74) is 5.27. The fraction of sp³-hybridized carbons (Fsp3) is 0.400. The average Bonchev–Trinajstić information content (AvgIpc) is 3.65. The standard InChI is InChI=1S/C23H26FN3O3.C2HF3O2/c24-19-7-5-16(6-8-19)20-13-21(20)25-10-1-2-22(28)27-11-9-15-3-4-17(23(29)26-30)12-18(15)14-27;3-2(4,5)1(6)7/h3-8,12,20-21,25,30H,1-2,9-11,13-14H2,(H,26,29);(H,6,7). The quantitative estimate of drug-likeness (QED) is 0.191. The Morgan fingerprint density at radius 1 is 1.05 bits per heavy atom. The van der Waals surface area contributed by atoms with E-state index in [-0.39, 0.29) is 11.7 Å². The third-order valence-corrected chi connectivity index (χ3v) is 6.24. The summed E-state index contributed by atoms with van der Waals surface area (Å²) < 4.78 is 44.8. The molecule has 1 aliphatic carbocycles. The monoisotopic (exact) mass is 525 g/mol. The highest BCUT2D eigenvalue weighted by molar-refractivity contribution is 5.93. The van der Waals surface area contributed by atoms with E-state index < -0.39 is 18.1 Å². The maximum atomic E-state index is 13.0. The molecule has 12 heteroatoms. The maximum Gasteiger partial charge on any atom is 0.490 e. The normalized spacial score (nSPS) is 18.2. The maximum absolute atomic E-state index is 13.0. The van der Waals surface area contributed by atoms with Crippen molar-refractivity contribution >= 4 is 17.8 Å². The molecule has 1 fully saturated rings. The molecule has 0 radical (unpaired) electrons. The number of carbonyl (C=O) groups excluding carboxylic acids is 2. The third-order valence-electron chi connectivity index (χ3n) is 6.24. The minimum Gasteiger partial charge on any atom is -0.475 e. The number of nitrogens with zero attached hydrogens (tertiary/aromatic N) is 1. The number of carboxylic acid groups (broad SMARTS) is 1. The Morgan fingerprint density at radius 2 is 1.73 bits per heavy atom. The molecule has 2 atom stereocenters. The molecule has 1 saturated carbocycles. The number of hydrogen-bond acceptors (Lipinski definition) is 5. The minimum absolute atomic E-state index is 0.116. The first-order chi connectivity index (χ1) is 17.5. The summed E-state index contributed by atoms with van der Waals surface area (Å²) in [6, 6.07) is 12.4. The van der Waals surface area contributed by atoms with E-state index in [1.165, 1.54) is 12.1 Å². The van der Waals surface area contributed by atoms with Gasteiger partial charge < -0.3 is 15.3 Å². The predicted octanol–water partition coefficient (Wildman–Crippen LogP) is 3.39. The Bertz CT molecular complexity index is 1120. The van der Waals surface area contributed by atoms with E-state index in [4.69, 9.17) is 15.1 Å². The topological polar surface area (TPSA) is 119 Å². The first-order valence-corrected chi connectivity index (χ1v) is 11.6. The Balaban J connectivity index is 0.000000479. The summed E-state index contributed by atoms with van der Waals surface area (Å²) in [5, 5.41) is 19.4. The van der Waals surface area contributed by atoms with Gasteiger partial charge in [0.25, 0.3) is 5.91 Å². The minimum atomic E-state index is -5.08. The van der Waals surface area contributed by atoms with Crippen molar-refractivity contribution in [3.8, 4) is 0 Å². The zero-order valence-electron chi connectivity index (χ0n) is 19.7. The molecule has 37 heavy (non-hydrogen) atoms. The van der Waals surface area contributed by atoms with Gasteiger partial charge in [-0.3, -0.25) is 14.8 Å². The molecule has 4 rings (SSSR count). The van der Waals surface area contributed by atoms with E-state index in [0.717, 1.165) is 42.5 Å². The number of alkyl halides is 3. The van der Waals surface area contributed by atoms with Gasteiger partial charge in [0.1, 0.15) is 5.82 Å². The van der Waals surface area contributed by atoms with Gasteiger partial charge >= 0.3 is 12.1 Å². The molecule has 8 nitrogen and oxygen atoms in total. The van der Waals surface area contributed by atoms with E-state index >= 15 is 0 Å². The molecule has 2 amide bonds. The Morgan fingerprint density at radius 3 is 2.35 bits per heavy atom. The lowest BCUT2D eigenvalue weighted by atomic mass is 9.97. The molecule has 0 spiro atoms. The van der Waals surface area contributed by atoms with E-state index in [9.17, 15) is 27.2 Å². The number of hydroxylamine groups is 1. The highest BCUT2D eigenvalue weighted by Crippen LogP contribution is 2.40.